The Bertz CT molecular complexity index is 688. The summed E-state index contributed by atoms with van der Waals surface area (Å²) in [5.74, 6) is -0.793. The van der Waals surface area contributed by atoms with E-state index in [-0.39, 0.29) is 5.91 Å². The van der Waals surface area contributed by atoms with E-state index in [1.165, 1.54) is 11.6 Å². The molecule has 2 aromatic rings. The third-order valence-corrected chi connectivity index (χ3v) is 2.92. The van der Waals surface area contributed by atoms with Crippen LogP contribution in [0.15, 0.2) is 54.6 Å². The van der Waals surface area contributed by atoms with Crippen molar-refractivity contribution in [2.45, 2.75) is 6.92 Å². The zero-order valence-corrected chi connectivity index (χ0v) is 11.7. The molecule has 0 unspecified atom stereocenters. The van der Waals surface area contributed by atoms with Gasteiger partial charge < -0.3 is 11.1 Å². The molecular weight excluding hydrogens is 264 g/mol. The molecule has 0 radical (unpaired) electrons. The molecular formula is C17H16N2O2. The average Bonchev–Trinajstić information content (AvgIpc) is 2.47. The number of primary amides is 1. The van der Waals surface area contributed by atoms with Crippen LogP contribution in [-0.2, 0) is 4.79 Å². The molecule has 0 saturated carbocycles. The number of hydrogen-bond donors (Lipinski definition) is 2. The summed E-state index contributed by atoms with van der Waals surface area (Å²) >= 11 is 0. The Hall–Kier alpha value is -2.88. The Morgan fingerprint density at radius 2 is 1.81 bits per heavy atom. The molecule has 0 saturated heterocycles. The molecule has 0 aliphatic carbocycles. The van der Waals surface area contributed by atoms with Crippen molar-refractivity contribution in [3.8, 4) is 0 Å². The Kier molecular flexibility index (Phi) is 4.51. The first-order valence-electron chi connectivity index (χ1n) is 6.50. The minimum Gasteiger partial charge on any atom is -0.366 e. The maximum Gasteiger partial charge on any atom is 0.248 e. The fourth-order valence-electron chi connectivity index (χ4n) is 1.78. The SMILES string of the molecule is Cc1ccc(/C=C/C(=O)Nc2cccc(C(N)=O)c2)cc1. The number of carbonyl (C=O) groups excluding carboxylic acids is 2. The maximum absolute atomic E-state index is 11.8. The molecule has 0 heterocycles. The largest absolute Gasteiger partial charge is 0.366 e. The highest BCUT2D eigenvalue weighted by Gasteiger charge is 2.02. The first kappa shape index (κ1) is 14.5. The normalized spacial score (nSPS) is 10.5. The van der Waals surface area contributed by atoms with Crippen molar-refractivity contribution >= 4 is 23.6 Å². The van der Waals surface area contributed by atoms with Gasteiger partial charge in [-0.15, -0.1) is 0 Å². The zero-order chi connectivity index (χ0) is 15.2. The van der Waals surface area contributed by atoms with Crippen LogP contribution in [0.2, 0.25) is 0 Å². The van der Waals surface area contributed by atoms with Crippen molar-refractivity contribution in [2.24, 2.45) is 5.73 Å². The van der Waals surface area contributed by atoms with E-state index < -0.39 is 5.91 Å². The molecule has 0 fully saturated rings. The molecule has 0 aliphatic rings. The predicted molar refractivity (Wildman–Crippen MR) is 83.8 cm³/mol. The van der Waals surface area contributed by atoms with Crippen LogP contribution < -0.4 is 11.1 Å². The lowest BCUT2D eigenvalue weighted by molar-refractivity contribution is -0.111. The van der Waals surface area contributed by atoms with Gasteiger partial charge in [-0.3, -0.25) is 9.59 Å². The van der Waals surface area contributed by atoms with Crippen LogP contribution in [0.1, 0.15) is 21.5 Å². The molecule has 0 aliphatic heterocycles. The second-order valence-electron chi connectivity index (χ2n) is 4.68. The fraction of sp³-hybridized carbons (Fsp3) is 0.0588. The van der Waals surface area contributed by atoms with E-state index in [4.69, 9.17) is 5.73 Å². The maximum atomic E-state index is 11.8. The number of anilines is 1. The zero-order valence-electron chi connectivity index (χ0n) is 11.7. The summed E-state index contributed by atoms with van der Waals surface area (Å²) in [4.78, 5) is 22.9. The number of rotatable bonds is 4. The quantitative estimate of drug-likeness (QED) is 0.845. The summed E-state index contributed by atoms with van der Waals surface area (Å²) in [6, 6.07) is 14.3. The summed E-state index contributed by atoms with van der Waals surface area (Å²) in [5, 5.41) is 2.69. The lowest BCUT2D eigenvalue weighted by Gasteiger charge is -2.03. The average molecular weight is 280 g/mol. The number of benzene rings is 2. The van der Waals surface area contributed by atoms with Gasteiger partial charge in [0.25, 0.3) is 0 Å². The van der Waals surface area contributed by atoms with E-state index in [1.54, 1.807) is 30.3 Å². The highest BCUT2D eigenvalue weighted by molar-refractivity contribution is 6.03. The van der Waals surface area contributed by atoms with Crippen LogP contribution in [0.4, 0.5) is 5.69 Å². The van der Waals surface area contributed by atoms with Gasteiger partial charge in [0.1, 0.15) is 0 Å². The molecule has 4 nitrogen and oxygen atoms in total. The monoisotopic (exact) mass is 280 g/mol. The molecule has 2 amide bonds. The van der Waals surface area contributed by atoms with Gasteiger partial charge in [0.15, 0.2) is 0 Å². The van der Waals surface area contributed by atoms with E-state index in [2.05, 4.69) is 5.32 Å². The minimum absolute atomic E-state index is 0.266. The fourth-order valence-corrected chi connectivity index (χ4v) is 1.78. The third kappa shape index (κ3) is 4.31. The second-order valence-corrected chi connectivity index (χ2v) is 4.68. The molecule has 3 N–H and O–H groups in total. The first-order valence-corrected chi connectivity index (χ1v) is 6.50. The predicted octanol–water partition coefficient (Wildman–Crippen LogP) is 2.75. The van der Waals surface area contributed by atoms with Gasteiger partial charge >= 0.3 is 0 Å². The number of amides is 2. The topological polar surface area (TPSA) is 72.2 Å². The van der Waals surface area contributed by atoms with E-state index >= 15 is 0 Å². The lowest BCUT2D eigenvalue weighted by Crippen LogP contribution is -2.12. The summed E-state index contributed by atoms with van der Waals surface area (Å²) in [7, 11) is 0. The van der Waals surface area contributed by atoms with Gasteiger partial charge in [0.2, 0.25) is 11.8 Å². The Morgan fingerprint density at radius 1 is 1.10 bits per heavy atom. The van der Waals surface area contributed by atoms with E-state index in [1.807, 2.05) is 31.2 Å². The Morgan fingerprint density at radius 3 is 2.48 bits per heavy atom. The standard InChI is InChI=1S/C17H16N2O2/c1-12-5-7-13(8-6-12)9-10-16(20)19-15-4-2-3-14(11-15)17(18)21/h2-11H,1H3,(H2,18,21)(H,19,20)/b10-9+. The van der Waals surface area contributed by atoms with Crippen LogP contribution in [0.25, 0.3) is 6.08 Å². The highest BCUT2D eigenvalue weighted by Crippen LogP contribution is 2.11. The van der Waals surface area contributed by atoms with E-state index in [0.29, 0.717) is 11.3 Å². The summed E-state index contributed by atoms with van der Waals surface area (Å²) in [5.41, 5.74) is 8.20. The summed E-state index contributed by atoms with van der Waals surface area (Å²) in [6.07, 6.45) is 3.17. The van der Waals surface area contributed by atoms with Crippen LogP contribution >= 0.6 is 0 Å². The van der Waals surface area contributed by atoms with E-state index in [0.717, 1.165) is 5.56 Å². The van der Waals surface area contributed by atoms with Gasteiger partial charge in [0.05, 0.1) is 0 Å². The van der Waals surface area contributed by atoms with Crippen LogP contribution in [-0.4, -0.2) is 11.8 Å². The molecule has 0 atom stereocenters. The van der Waals surface area contributed by atoms with Crippen molar-refractivity contribution in [3.63, 3.8) is 0 Å². The molecule has 21 heavy (non-hydrogen) atoms. The summed E-state index contributed by atoms with van der Waals surface area (Å²) in [6.45, 7) is 2.01. The molecule has 4 heteroatoms. The minimum atomic E-state index is -0.527. The smallest absolute Gasteiger partial charge is 0.248 e. The molecule has 2 rings (SSSR count). The number of nitrogens with one attached hydrogen (secondary N) is 1. The van der Waals surface area contributed by atoms with E-state index in [9.17, 15) is 9.59 Å². The number of hydrogen-bond acceptors (Lipinski definition) is 2. The molecule has 106 valence electrons. The van der Waals surface area contributed by atoms with Crippen molar-refractivity contribution in [1.29, 1.82) is 0 Å². The third-order valence-electron chi connectivity index (χ3n) is 2.92. The molecule has 2 aromatic carbocycles. The van der Waals surface area contributed by atoms with Gasteiger partial charge in [-0.25, -0.2) is 0 Å². The molecule has 0 aromatic heterocycles. The Labute approximate surface area is 123 Å². The van der Waals surface area contributed by atoms with Gasteiger partial charge in [0, 0.05) is 17.3 Å². The number of nitrogens with two attached hydrogens (primary N) is 1. The van der Waals surface area contributed by atoms with Crippen LogP contribution in [0.3, 0.4) is 0 Å². The first-order chi connectivity index (χ1) is 10.0. The molecule has 0 bridgehead atoms. The highest BCUT2D eigenvalue weighted by atomic mass is 16.1. The Balaban J connectivity index is 2.03. The van der Waals surface area contributed by atoms with Gasteiger partial charge in [-0.2, -0.15) is 0 Å². The molecule has 0 spiro atoms. The number of aryl methyl sites for hydroxylation is 1. The number of carbonyl (C=O) groups is 2. The lowest BCUT2D eigenvalue weighted by atomic mass is 10.1. The van der Waals surface area contributed by atoms with Crippen LogP contribution in [0.5, 0.6) is 0 Å². The summed E-state index contributed by atoms with van der Waals surface area (Å²) < 4.78 is 0. The van der Waals surface area contributed by atoms with Crippen molar-refractivity contribution in [2.75, 3.05) is 5.32 Å². The van der Waals surface area contributed by atoms with Gasteiger partial charge in [-0.1, -0.05) is 35.9 Å². The van der Waals surface area contributed by atoms with Crippen LogP contribution in [0, 0.1) is 6.92 Å². The van der Waals surface area contributed by atoms with Crippen molar-refractivity contribution < 1.29 is 9.59 Å². The van der Waals surface area contributed by atoms with Gasteiger partial charge in [-0.05, 0) is 36.8 Å². The van der Waals surface area contributed by atoms with Crippen molar-refractivity contribution in [1.82, 2.24) is 0 Å². The van der Waals surface area contributed by atoms with Crippen molar-refractivity contribution in [3.05, 3.63) is 71.3 Å². The second kappa shape index (κ2) is 6.52.